The summed E-state index contributed by atoms with van der Waals surface area (Å²) in [5, 5.41) is 29.5. The first kappa shape index (κ1) is 22.5. The van der Waals surface area contributed by atoms with Crippen LogP contribution in [0.3, 0.4) is 0 Å². The summed E-state index contributed by atoms with van der Waals surface area (Å²) >= 11 is 0. The van der Waals surface area contributed by atoms with Gasteiger partial charge in [0.15, 0.2) is 0 Å². The Balaban J connectivity index is -0.0000000300. The molecule has 10 heavy (non-hydrogen) atoms. The quantitative estimate of drug-likeness (QED) is 0.285. The van der Waals surface area contributed by atoms with Gasteiger partial charge in [-0.25, -0.2) is 0 Å². The molecule has 0 heterocycles. The molecule has 0 saturated heterocycles. The molecule has 0 atom stereocenters. The number of hydrogen-bond donors (Lipinski definition) is 0. The average Bonchev–Trinajstić information content (AvgIpc) is 1.25. The van der Waals surface area contributed by atoms with Crippen LogP contribution in [0.1, 0.15) is 0 Å². The molecule has 0 aromatic heterocycles. The van der Waals surface area contributed by atoms with Crippen molar-refractivity contribution < 1.29 is 10.2 Å². The topological polar surface area (TPSA) is 132 Å². The van der Waals surface area contributed by atoms with Crippen molar-refractivity contribution in [1.29, 1.82) is 0 Å². The van der Waals surface area contributed by atoms with E-state index in [1.807, 2.05) is 0 Å². The van der Waals surface area contributed by atoms with Gasteiger partial charge >= 0.3 is 83.2 Å². The molecule has 0 N–H and O–H groups in total. The van der Waals surface area contributed by atoms with Gasteiger partial charge in [0.25, 0.3) is 0 Å². The average molecular weight is 254 g/mol. The molecule has 0 aliphatic rings. The minimum absolute atomic E-state index is 0. The Morgan fingerprint density at radius 2 is 0.800 bits per heavy atom. The molecule has 0 bridgehead atoms. The van der Waals surface area contributed by atoms with E-state index in [4.69, 9.17) is 30.6 Å². The van der Waals surface area contributed by atoms with Crippen LogP contribution in [0.4, 0.5) is 0 Å². The molecule has 0 aromatic rings. The van der Waals surface area contributed by atoms with Gasteiger partial charge in [0, 0.05) is 0 Å². The van der Waals surface area contributed by atoms with Crippen molar-refractivity contribution in [3.05, 3.63) is 30.6 Å². The zero-order chi connectivity index (χ0) is 7.15. The van der Waals surface area contributed by atoms with Gasteiger partial charge in [-0.2, -0.15) is 0 Å². The molecule has 0 aliphatic heterocycles. The molecule has 0 spiro atoms. The van der Waals surface area contributed by atoms with Gasteiger partial charge in [0.1, 0.15) is 0 Å². The predicted octanol–water partition coefficient (Wildman–Crippen LogP) is -1.78. The molecule has 10 heteroatoms. The fourth-order valence-electron chi connectivity index (χ4n) is 0. The fourth-order valence-corrected chi connectivity index (χ4v) is 0. The predicted molar refractivity (Wildman–Crippen MR) is 35.0 cm³/mol. The molecule has 0 radical (unpaired) electrons. The maximum absolute atomic E-state index is 8.25. The Kier molecular flexibility index (Phi) is 37.3. The second-order valence-electron chi connectivity index (χ2n) is 0.447. The standard InChI is InChI=1S/Ca.2NO3.Sr.2H/c;2*2-1(3)4;;;/q+2;2*-1;;;. The molecular formula is H2CaN2O6Sr. The summed E-state index contributed by atoms with van der Waals surface area (Å²) in [5.74, 6) is 0. The number of nitrogens with zero attached hydrogens (tertiary/aromatic N) is 2. The number of hydrogen-bond acceptors (Lipinski definition) is 6. The molecular weight excluding hydrogens is 252 g/mol. The van der Waals surface area contributed by atoms with Crippen molar-refractivity contribution in [1.82, 2.24) is 0 Å². The van der Waals surface area contributed by atoms with E-state index < -0.39 is 10.2 Å². The van der Waals surface area contributed by atoms with Crippen molar-refractivity contribution >= 4 is 83.2 Å². The third-order valence-electron chi connectivity index (χ3n) is 0. The van der Waals surface area contributed by atoms with E-state index in [0.717, 1.165) is 0 Å². The summed E-state index contributed by atoms with van der Waals surface area (Å²) in [5.41, 5.74) is 0. The van der Waals surface area contributed by atoms with Crippen molar-refractivity contribution in [3.63, 3.8) is 0 Å². The van der Waals surface area contributed by atoms with E-state index in [1.165, 1.54) is 0 Å². The van der Waals surface area contributed by atoms with E-state index in [9.17, 15) is 0 Å². The summed E-state index contributed by atoms with van der Waals surface area (Å²) < 4.78 is 0. The van der Waals surface area contributed by atoms with Crippen LogP contribution >= 0.6 is 0 Å². The molecule has 0 aromatic carbocycles. The van der Waals surface area contributed by atoms with Gasteiger partial charge in [-0.3, -0.25) is 0 Å². The van der Waals surface area contributed by atoms with Crippen LogP contribution in [0.2, 0.25) is 0 Å². The first-order chi connectivity index (χ1) is 3.46. The van der Waals surface area contributed by atoms with Gasteiger partial charge in [-0.1, -0.05) is 0 Å². The first-order valence-corrected chi connectivity index (χ1v) is 1.10. The summed E-state index contributed by atoms with van der Waals surface area (Å²) in [6.07, 6.45) is 0. The van der Waals surface area contributed by atoms with Gasteiger partial charge < -0.3 is 30.6 Å². The Morgan fingerprint density at radius 3 is 0.800 bits per heavy atom. The second kappa shape index (κ2) is 16.6. The molecule has 0 unspecified atom stereocenters. The Morgan fingerprint density at radius 1 is 0.800 bits per heavy atom. The van der Waals surface area contributed by atoms with E-state index in [1.54, 1.807) is 0 Å². The van der Waals surface area contributed by atoms with Gasteiger partial charge in [0.05, 0.1) is 10.2 Å². The molecule has 0 amide bonds. The van der Waals surface area contributed by atoms with Crippen LogP contribution in [-0.4, -0.2) is 93.4 Å². The fraction of sp³-hybridized carbons (Fsp3) is 0. The van der Waals surface area contributed by atoms with Crippen LogP contribution in [-0.2, 0) is 0 Å². The SMILES string of the molecule is O=[N+]([O-])[O-].O=[N+]([O-])[O-].[Ca+2].[SrH2]. The van der Waals surface area contributed by atoms with Crippen LogP contribution in [0.25, 0.3) is 0 Å². The van der Waals surface area contributed by atoms with Crippen LogP contribution in [0.5, 0.6) is 0 Å². The van der Waals surface area contributed by atoms with Crippen molar-refractivity contribution in [2.75, 3.05) is 0 Å². The summed E-state index contributed by atoms with van der Waals surface area (Å²) in [4.78, 5) is 16.5. The molecule has 0 rings (SSSR count). The van der Waals surface area contributed by atoms with Gasteiger partial charge in [-0.15, -0.1) is 0 Å². The molecule has 0 fully saturated rings. The first-order valence-electron chi connectivity index (χ1n) is 1.10. The zero-order valence-electron chi connectivity index (χ0n) is 4.05. The minimum atomic E-state index is -1.75. The number of rotatable bonds is 0. The Bertz CT molecular complexity index is 73.7. The normalized spacial score (nSPS) is 4.80. The van der Waals surface area contributed by atoms with E-state index in [2.05, 4.69) is 0 Å². The maximum atomic E-state index is 8.25. The summed E-state index contributed by atoms with van der Waals surface area (Å²) in [7, 11) is 0. The Labute approximate surface area is 122 Å². The molecule has 0 aliphatic carbocycles. The monoisotopic (exact) mass is 254 g/mol. The zero-order valence-corrected chi connectivity index (χ0v) is 6.26. The van der Waals surface area contributed by atoms with Gasteiger partial charge in [-0.05, 0) is 0 Å². The Hall–Kier alpha value is 1.14. The summed E-state index contributed by atoms with van der Waals surface area (Å²) in [6.45, 7) is 0. The van der Waals surface area contributed by atoms with E-state index >= 15 is 0 Å². The van der Waals surface area contributed by atoms with Crippen molar-refractivity contribution in [2.24, 2.45) is 0 Å². The molecule has 0 saturated carbocycles. The van der Waals surface area contributed by atoms with Crippen LogP contribution in [0.15, 0.2) is 0 Å². The molecule has 8 nitrogen and oxygen atoms in total. The third kappa shape index (κ3) is 466. The van der Waals surface area contributed by atoms with Crippen LogP contribution in [0, 0.1) is 30.6 Å². The van der Waals surface area contributed by atoms with E-state index in [0.29, 0.717) is 0 Å². The third-order valence-corrected chi connectivity index (χ3v) is 0. The summed E-state index contributed by atoms with van der Waals surface area (Å²) in [6, 6.07) is 0. The second-order valence-corrected chi connectivity index (χ2v) is 0.447. The van der Waals surface area contributed by atoms with Gasteiger partial charge in [0.2, 0.25) is 0 Å². The van der Waals surface area contributed by atoms with Crippen LogP contribution < -0.4 is 0 Å². The van der Waals surface area contributed by atoms with Crippen molar-refractivity contribution in [2.45, 2.75) is 0 Å². The molecule has 52 valence electrons. The van der Waals surface area contributed by atoms with E-state index in [-0.39, 0.29) is 83.2 Å². The van der Waals surface area contributed by atoms with Crippen molar-refractivity contribution in [3.8, 4) is 0 Å².